The number of rotatable bonds is 3. The Kier molecular flexibility index (Phi) is 9.07. The van der Waals surface area contributed by atoms with Crippen molar-refractivity contribution < 1.29 is 37.8 Å². The first kappa shape index (κ1) is 30.0. The molecule has 0 unspecified atom stereocenters. The third-order valence-corrected chi connectivity index (χ3v) is 6.45. The maximum atomic E-state index is 12.6. The number of carbonyl (C=O) groups excluding carboxylic acids is 1. The van der Waals surface area contributed by atoms with Crippen LogP contribution in [0.15, 0.2) is 54.0 Å². The molecule has 0 saturated heterocycles. The van der Waals surface area contributed by atoms with E-state index in [-0.39, 0.29) is 10.8 Å². The van der Waals surface area contributed by atoms with Crippen LogP contribution in [0.3, 0.4) is 0 Å². The van der Waals surface area contributed by atoms with Crippen LogP contribution >= 0.6 is 22.9 Å². The van der Waals surface area contributed by atoms with Crippen LogP contribution in [0.5, 0.6) is 0 Å². The van der Waals surface area contributed by atoms with Gasteiger partial charge in [-0.05, 0) is 54.3 Å². The normalized spacial score (nSPS) is 12.0. The van der Waals surface area contributed by atoms with Crippen molar-refractivity contribution in [1.82, 2.24) is 15.0 Å². The summed E-state index contributed by atoms with van der Waals surface area (Å²) in [5, 5.41) is 29.9. The van der Waals surface area contributed by atoms with Gasteiger partial charge in [-0.3, -0.25) is 5.32 Å². The first-order valence-electron chi connectivity index (χ1n) is 11.7. The van der Waals surface area contributed by atoms with E-state index in [9.17, 15) is 22.8 Å². The Morgan fingerprint density at radius 2 is 1.71 bits per heavy atom. The van der Waals surface area contributed by atoms with Crippen molar-refractivity contribution in [2.45, 2.75) is 19.0 Å². The lowest BCUT2D eigenvalue weighted by Crippen LogP contribution is -2.21. The average molecular weight is 622 g/mol. The number of nitrogens with one attached hydrogen (secondary N) is 4. The van der Waals surface area contributed by atoms with Crippen molar-refractivity contribution in [1.29, 1.82) is 0 Å². The van der Waals surface area contributed by atoms with Gasteiger partial charge in [0.1, 0.15) is 5.02 Å². The van der Waals surface area contributed by atoms with E-state index in [1.807, 2.05) is 30.3 Å². The number of amides is 2. The molecule has 4 aromatic rings. The second-order valence-electron chi connectivity index (χ2n) is 8.44. The summed E-state index contributed by atoms with van der Waals surface area (Å²) in [4.78, 5) is 45.1. The lowest BCUT2D eigenvalue weighted by atomic mass is 10.0. The van der Waals surface area contributed by atoms with Crippen molar-refractivity contribution in [3.05, 3.63) is 75.9 Å². The van der Waals surface area contributed by atoms with Gasteiger partial charge in [-0.25, -0.2) is 24.4 Å². The molecule has 17 heteroatoms. The number of urea groups is 1. The van der Waals surface area contributed by atoms with Crippen molar-refractivity contribution in [3.63, 3.8) is 0 Å². The molecule has 2 aromatic heterocycles. The van der Waals surface area contributed by atoms with E-state index in [1.165, 1.54) is 11.6 Å². The van der Waals surface area contributed by atoms with E-state index in [4.69, 9.17) is 26.6 Å². The van der Waals surface area contributed by atoms with Crippen LogP contribution in [-0.2, 0) is 17.6 Å². The zero-order valence-corrected chi connectivity index (χ0v) is 22.6. The summed E-state index contributed by atoms with van der Waals surface area (Å²) in [6.45, 7) is 0. The van der Waals surface area contributed by atoms with Crippen LogP contribution in [0.4, 0.5) is 51.9 Å². The minimum absolute atomic E-state index is 0.123. The molecule has 2 aromatic carbocycles. The number of carbonyl (C=O) groups is 3. The molecule has 5 rings (SSSR count). The molecule has 1 aliphatic rings. The third kappa shape index (κ3) is 8.05. The van der Waals surface area contributed by atoms with Crippen LogP contribution in [0.2, 0.25) is 5.02 Å². The molecule has 6 bridgehead atoms. The molecule has 2 amide bonds. The van der Waals surface area contributed by atoms with Crippen LogP contribution in [-0.4, -0.2) is 49.3 Å². The Morgan fingerprint density at radius 3 is 2.40 bits per heavy atom. The number of fused-ring (bicyclic) bond motifs is 6. The Balaban J connectivity index is 0.000000517. The molecule has 0 fully saturated rings. The maximum Gasteiger partial charge on any atom is 0.490 e. The smallest absolute Gasteiger partial charge is 0.476 e. The molecule has 0 radical (unpaired) electrons. The van der Waals surface area contributed by atoms with Gasteiger partial charge in [-0.2, -0.15) is 18.2 Å². The highest BCUT2D eigenvalue weighted by molar-refractivity contribution is 7.14. The van der Waals surface area contributed by atoms with Crippen LogP contribution in [0.25, 0.3) is 0 Å². The van der Waals surface area contributed by atoms with Gasteiger partial charge >= 0.3 is 24.1 Å². The summed E-state index contributed by atoms with van der Waals surface area (Å²) in [6, 6.07) is 12.9. The monoisotopic (exact) mass is 621 g/mol. The molecule has 0 saturated carbocycles. The third-order valence-electron chi connectivity index (χ3n) is 5.41. The van der Waals surface area contributed by atoms with Crippen molar-refractivity contribution in [2.24, 2.45) is 0 Å². The van der Waals surface area contributed by atoms with Crippen molar-refractivity contribution in [2.75, 3.05) is 21.3 Å². The van der Waals surface area contributed by atoms with Gasteiger partial charge in [0.25, 0.3) is 0 Å². The predicted octanol–water partition coefficient (Wildman–Crippen LogP) is 6.15. The zero-order valence-electron chi connectivity index (χ0n) is 21.0. The molecular weight excluding hydrogens is 603 g/mol. The summed E-state index contributed by atoms with van der Waals surface area (Å²) in [5.74, 6) is -3.05. The van der Waals surface area contributed by atoms with E-state index in [1.54, 1.807) is 12.1 Å². The summed E-state index contributed by atoms with van der Waals surface area (Å²) in [5.41, 5.74) is 4.07. The van der Waals surface area contributed by atoms with Gasteiger partial charge in [-0.1, -0.05) is 23.7 Å². The highest BCUT2D eigenvalue weighted by Crippen LogP contribution is 2.29. The quantitative estimate of drug-likeness (QED) is 0.155. The van der Waals surface area contributed by atoms with E-state index in [0.717, 1.165) is 40.3 Å². The van der Waals surface area contributed by atoms with Crippen LogP contribution in [0, 0.1) is 0 Å². The molecule has 1 aliphatic heterocycles. The van der Waals surface area contributed by atoms with Gasteiger partial charge in [0.15, 0.2) is 16.6 Å². The van der Waals surface area contributed by atoms with Gasteiger partial charge in [0, 0.05) is 22.4 Å². The highest BCUT2D eigenvalue weighted by atomic mass is 35.5. The number of anilines is 6. The standard InChI is InChI=1S/C23H18ClN7O3S.C2HF3O2/c24-16-10-25-21-27-14-3-1-2-12(8-14)4-5-13-9-15(26-19(16)30-21)6-7-17(13)28-22(34)31-23-29-18(11-35-23)20(32)33;3-2(4,5)1(6)7/h1-3,6-11H,4-5H2,(H,32,33)(H2,25,26,27,30)(H2,28,29,31,34);(H,6,7). The Labute approximate surface area is 243 Å². The van der Waals surface area contributed by atoms with Gasteiger partial charge in [0.05, 0.1) is 6.20 Å². The summed E-state index contributed by atoms with van der Waals surface area (Å²) in [7, 11) is 0. The number of carboxylic acid groups (broad SMARTS) is 2. The molecule has 3 heterocycles. The maximum absolute atomic E-state index is 12.6. The number of halogens is 4. The van der Waals surface area contributed by atoms with Crippen LogP contribution < -0.4 is 21.3 Å². The number of aromatic carboxylic acids is 1. The van der Waals surface area contributed by atoms with E-state index >= 15 is 0 Å². The lowest BCUT2D eigenvalue weighted by molar-refractivity contribution is -0.192. The fraction of sp³-hybridized carbons (Fsp3) is 0.120. The number of aryl methyl sites for hydroxylation is 2. The van der Waals surface area contributed by atoms with Gasteiger partial charge < -0.3 is 26.2 Å². The number of nitrogens with zero attached hydrogens (tertiary/aromatic N) is 3. The van der Waals surface area contributed by atoms with Gasteiger partial charge in [-0.15, -0.1) is 11.3 Å². The summed E-state index contributed by atoms with van der Waals surface area (Å²) < 4.78 is 31.7. The second kappa shape index (κ2) is 12.7. The minimum Gasteiger partial charge on any atom is -0.476 e. The highest BCUT2D eigenvalue weighted by Gasteiger charge is 2.38. The minimum atomic E-state index is -5.08. The summed E-state index contributed by atoms with van der Waals surface area (Å²) in [6.07, 6.45) is -2.19. The topological polar surface area (TPSA) is 178 Å². The molecule has 0 spiro atoms. The van der Waals surface area contributed by atoms with E-state index < -0.39 is 24.1 Å². The number of aromatic nitrogens is 3. The van der Waals surface area contributed by atoms with Crippen molar-refractivity contribution in [3.8, 4) is 0 Å². The van der Waals surface area contributed by atoms with Gasteiger partial charge in [0.2, 0.25) is 5.95 Å². The number of thiazole rings is 1. The molecular formula is C25H19ClF3N7O5S. The Morgan fingerprint density at radius 1 is 0.976 bits per heavy atom. The fourth-order valence-corrected chi connectivity index (χ4v) is 4.36. The number of aliphatic carboxylic acids is 1. The number of alkyl halides is 3. The Hall–Kier alpha value is -4.96. The lowest BCUT2D eigenvalue weighted by Gasteiger charge is -2.14. The average Bonchev–Trinajstić information content (AvgIpc) is 3.39. The van der Waals surface area contributed by atoms with Crippen molar-refractivity contribution >= 4 is 74.9 Å². The largest absolute Gasteiger partial charge is 0.490 e. The summed E-state index contributed by atoms with van der Waals surface area (Å²) >= 11 is 7.34. The SMILES string of the molecule is O=C(Nc1nc(C(=O)O)cs1)Nc1ccc2cc1CCc1cccc(c1)Nc1ncc(Cl)c(n1)N2.O=C(O)C(F)(F)F. The number of hydrogen-bond acceptors (Lipinski definition) is 9. The predicted molar refractivity (Wildman–Crippen MR) is 149 cm³/mol. The van der Waals surface area contributed by atoms with E-state index in [2.05, 4.69) is 36.2 Å². The molecule has 0 atom stereocenters. The van der Waals surface area contributed by atoms with E-state index in [0.29, 0.717) is 28.9 Å². The number of carboxylic acids is 2. The molecule has 6 N–H and O–H groups in total. The number of hydrogen-bond donors (Lipinski definition) is 6. The fourth-order valence-electron chi connectivity index (χ4n) is 3.54. The molecule has 218 valence electrons. The van der Waals surface area contributed by atoms with Crippen LogP contribution in [0.1, 0.15) is 21.6 Å². The molecule has 12 nitrogen and oxygen atoms in total. The second-order valence-corrected chi connectivity index (χ2v) is 9.70. The zero-order chi connectivity index (χ0) is 30.4. The molecule has 42 heavy (non-hydrogen) atoms. The molecule has 0 aliphatic carbocycles. The Bertz CT molecular complexity index is 1650. The first-order chi connectivity index (χ1) is 19.9. The number of benzene rings is 2. The first-order valence-corrected chi connectivity index (χ1v) is 13.0.